The van der Waals surface area contributed by atoms with Crippen LogP contribution in [0.2, 0.25) is 0 Å². The highest BCUT2D eigenvalue weighted by Crippen LogP contribution is 2.27. The Morgan fingerprint density at radius 2 is 2.05 bits per heavy atom. The first-order valence-electron chi connectivity index (χ1n) is 7.20. The molecule has 0 saturated carbocycles. The van der Waals surface area contributed by atoms with Gasteiger partial charge in [0.1, 0.15) is 11.8 Å². The van der Waals surface area contributed by atoms with E-state index in [4.69, 9.17) is 5.73 Å². The first-order valence-corrected chi connectivity index (χ1v) is 7.20. The first kappa shape index (κ1) is 14.1. The van der Waals surface area contributed by atoms with E-state index in [9.17, 15) is 0 Å². The summed E-state index contributed by atoms with van der Waals surface area (Å²) in [4.78, 5) is 8.39. The number of nitrogen functional groups attached to an aromatic ring is 1. The number of aromatic nitrogens is 3. The molecule has 110 valence electrons. The summed E-state index contributed by atoms with van der Waals surface area (Å²) in [5, 5.41) is 0. The number of fused-ring (bicyclic) bond motifs is 1. The minimum absolute atomic E-state index is 0.690. The van der Waals surface area contributed by atoms with Crippen LogP contribution in [0.15, 0.2) is 61.6 Å². The van der Waals surface area contributed by atoms with Crippen LogP contribution in [0.5, 0.6) is 0 Å². The molecular formula is C18H18N4. The number of rotatable bonds is 5. The van der Waals surface area contributed by atoms with Gasteiger partial charge in [0.2, 0.25) is 0 Å². The summed E-state index contributed by atoms with van der Waals surface area (Å²) >= 11 is 0. The Bertz CT molecular complexity index is 816. The summed E-state index contributed by atoms with van der Waals surface area (Å²) in [6.07, 6.45) is 10.1. The third-order valence-corrected chi connectivity index (χ3v) is 3.61. The van der Waals surface area contributed by atoms with Gasteiger partial charge in [0.05, 0.1) is 17.4 Å². The van der Waals surface area contributed by atoms with Crippen molar-refractivity contribution < 1.29 is 0 Å². The van der Waals surface area contributed by atoms with E-state index < -0.39 is 0 Å². The van der Waals surface area contributed by atoms with Gasteiger partial charge in [0.15, 0.2) is 0 Å². The molecule has 4 heteroatoms. The quantitative estimate of drug-likeness (QED) is 0.732. The van der Waals surface area contributed by atoms with Gasteiger partial charge < -0.3 is 10.3 Å². The molecule has 4 nitrogen and oxygen atoms in total. The minimum Gasteiger partial charge on any atom is -0.395 e. The molecule has 0 amide bonds. The third kappa shape index (κ3) is 2.63. The zero-order chi connectivity index (χ0) is 15.4. The summed E-state index contributed by atoms with van der Waals surface area (Å²) in [6.45, 7) is 4.51. The van der Waals surface area contributed by atoms with E-state index in [1.165, 1.54) is 11.9 Å². The second kappa shape index (κ2) is 6.26. The van der Waals surface area contributed by atoms with Gasteiger partial charge in [0.25, 0.3) is 0 Å². The largest absolute Gasteiger partial charge is 0.395 e. The van der Waals surface area contributed by atoms with Crippen LogP contribution in [0.3, 0.4) is 0 Å². The number of nitrogens with two attached hydrogens (primary N) is 1. The van der Waals surface area contributed by atoms with Crippen molar-refractivity contribution in [2.45, 2.75) is 13.0 Å². The normalized spacial score (nSPS) is 11.3. The highest BCUT2D eigenvalue weighted by molar-refractivity contribution is 5.90. The number of nitrogens with zero attached hydrogens (tertiary/aromatic N) is 3. The molecule has 0 fully saturated rings. The molecule has 2 aromatic heterocycles. The van der Waals surface area contributed by atoms with E-state index in [-0.39, 0.29) is 0 Å². The molecule has 2 heterocycles. The second-order valence-electron chi connectivity index (χ2n) is 5.03. The van der Waals surface area contributed by atoms with Crippen molar-refractivity contribution in [3.63, 3.8) is 0 Å². The van der Waals surface area contributed by atoms with Crippen molar-refractivity contribution in [3.8, 4) is 0 Å². The number of benzene rings is 1. The lowest BCUT2D eigenvalue weighted by atomic mass is 10.2. The highest BCUT2D eigenvalue weighted by atomic mass is 15.0. The monoisotopic (exact) mass is 290 g/mol. The van der Waals surface area contributed by atoms with Crippen LogP contribution in [-0.4, -0.2) is 14.5 Å². The van der Waals surface area contributed by atoms with Crippen LogP contribution in [-0.2, 0) is 13.0 Å². The van der Waals surface area contributed by atoms with Gasteiger partial charge in [-0.25, -0.2) is 9.97 Å². The van der Waals surface area contributed by atoms with E-state index in [0.717, 1.165) is 28.8 Å². The van der Waals surface area contributed by atoms with Gasteiger partial charge in [-0.3, -0.25) is 0 Å². The van der Waals surface area contributed by atoms with Crippen LogP contribution in [0.25, 0.3) is 17.1 Å². The topological polar surface area (TPSA) is 56.7 Å². The average molecular weight is 290 g/mol. The van der Waals surface area contributed by atoms with Crippen molar-refractivity contribution in [1.82, 2.24) is 14.5 Å². The Kier molecular flexibility index (Phi) is 4.01. The number of allylic oxidation sites excluding steroid dienone is 2. The summed E-state index contributed by atoms with van der Waals surface area (Å²) < 4.78 is 2.12. The fourth-order valence-corrected chi connectivity index (χ4v) is 2.58. The second-order valence-corrected chi connectivity index (χ2v) is 5.03. The molecule has 0 bridgehead atoms. The van der Waals surface area contributed by atoms with Crippen molar-refractivity contribution in [2.24, 2.45) is 0 Å². The van der Waals surface area contributed by atoms with Gasteiger partial charge >= 0.3 is 0 Å². The summed E-state index contributed by atoms with van der Waals surface area (Å²) in [6, 6.07) is 10.2. The molecule has 0 unspecified atom stereocenters. The van der Waals surface area contributed by atoms with Crippen LogP contribution >= 0.6 is 0 Å². The van der Waals surface area contributed by atoms with Gasteiger partial charge in [-0.2, -0.15) is 0 Å². The van der Waals surface area contributed by atoms with Crippen LogP contribution in [0.1, 0.15) is 11.3 Å². The Balaban J connectivity index is 1.96. The number of hydrogen-bond donors (Lipinski definition) is 1. The lowest BCUT2D eigenvalue weighted by molar-refractivity contribution is 0.811. The Morgan fingerprint density at radius 1 is 1.23 bits per heavy atom. The molecule has 3 aromatic rings. The van der Waals surface area contributed by atoms with Crippen LogP contribution in [0.4, 0.5) is 5.69 Å². The summed E-state index contributed by atoms with van der Waals surface area (Å²) in [7, 11) is 0. The fourth-order valence-electron chi connectivity index (χ4n) is 2.58. The molecule has 0 radical (unpaired) electrons. The zero-order valence-corrected chi connectivity index (χ0v) is 12.3. The highest BCUT2D eigenvalue weighted by Gasteiger charge is 2.14. The molecule has 0 aliphatic rings. The smallest absolute Gasteiger partial charge is 0.116 e. The van der Waals surface area contributed by atoms with Crippen LogP contribution < -0.4 is 5.73 Å². The SMILES string of the molecule is C=CCn1c(CC=Cc2ccccc2)c(N)c2ncncc21. The predicted octanol–water partition coefficient (Wildman–Crippen LogP) is 3.46. The van der Waals surface area contributed by atoms with Gasteiger partial charge in [-0.15, -0.1) is 6.58 Å². The van der Waals surface area contributed by atoms with E-state index in [2.05, 4.69) is 45.4 Å². The Hall–Kier alpha value is -2.88. The van der Waals surface area contributed by atoms with Gasteiger partial charge in [0, 0.05) is 18.7 Å². The van der Waals surface area contributed by atoms with Gasteiger partial charge in [-0.1, -0.05) is 48.6 Å². The van der Waals surface area contributed by atoms with Crippen molar-refractivity contribution >= 4 is 22.8 Å². The van der Waals surface area contributed by atoms with E-state index >= 15 is 0 Å². The molecule has 3 rings (SSSR count). The van der Waals surface area contributed by atoms with Crippen molar-refractivity contribution in [1.29, 1.82) is 0 Å². The lowest BCUT2D eigenvalue weighted by Gasteiger charge is -2.06. The standard InChI is InChI=1S/C18H18N4/c1-2-11-22-15(10-6-9-14-7-4-3-5-8-14)17(19)18-16(22)12-20-13-21-18/h2-9,12-13H,1,10-11,19H2. The van der Waals surface area contributed by atoms with Crippen molar-refractivity contribution in [3.05, 3.63) is 72.8 Å². The maximum absolute atomic E-state index is 6.27. The molecular weight excluding hydrogens is 272 g/mol. The average Bonchev–Trinajstić information content (AvgIpc) is 2.82. The molecule has 0 aliphatic carbocycles. The Morgan fingerprint density at radius 3 is 2.82 bits per heavy atom. The van der Waals surface area contributed by atoms with Crippen LogP contribution in [0, 0.1) is 0 Å². The molecule has 0 atom stereocenters. The lowest BCUT2D eigenvalue weighted by Crippen LogP contribution is -2.02. The maximum atomic E-state index is 6.27. The molecule has 0 aliphatic heterocycles. The molecule has 22 heavy (non-hydrogen) atoms. The summed E-state index contributed by atoms with van der Waals surface area (Å²) in [5.74, 6) is 0. The predicted molar refractivity (Wildman–Crippen MR) is 91.3 cm³/mol. The van der Waals surface area contributed by atoms with E-state index in [1.54, 1.807) is 6.20 Å². The summed E-state index contributed by atoms with van der Waals surface area (Å²) in [5.41, 5.74) is 11.0. The maximum Gasteiger partial charge on any atom is 0.116 e. The van der Waals surface area contributed by atoms with E-state index in [1.807, 2.05) is 24.3 Å². The number of anilines is 1. The molecule has 0 spiro atoms. The Labute approximate surface area is 129 Å². The zero-order valence-electron chi connectivity index (χ0n) is 12.3. The third-order valence-electron chi connectivity index (χ3n) is 3.61. The fraction of sp³-hybridized carbons (Fsp3) is 0.111. The van der Waals surface area contributed by atoms with Crippen molar-refractivity contribution in [2.75, 3.05) is 5.73 Å². The minimum atomic E-state index is 0.690. The van der Waals surface area contributed by atoms with Gasteiger partial charge in [-0.05, 0) is 5.56 Å². The molecule has 2 N–H and O–H groups in total. The molecule has 1 aromatic carbocycles. The number of hydrogen-bond acceptors (Lipinski definition) is 3. The van der Waals surface area contributed by atoms with E-state index in [0.29, 0.717) is 6.54 Å². The first-order chi connectivity index (χ1) is 10.8. The molecule has 0 saturated heterocycles.